The minimum atomic E-state index is -0.248. The van der Waals surface area contributed by atoms with Crippen LogP contribution in [0.5, 0.6) is 0 Å². The van der Waals surface area contributed by atoms with Gasteiger partial charge in [-0.3, -0.25) is 9.48 Å². The van der Waals surface area contributed by atoms with Crippen molar-refractivity contribution < 1.29 is 9.18 Å². The minimum absolute atomic E-state index is 0.0555. The summed E-state index contributed by atoms with van der Waals surface area (Å²) in [7, 11) is 1.75. The van der Waals surface area contributed by atoms with Crippen LogP contribution in [0.25, 0.3) is 10.2 Å². The Bertz CT molecular complexity index is 921. The molecule has 6 nitrogen and oxygen atoms in total. The van der Waals surface area contributed by atoms with Gasteiger partial charge in [-0.2, -0.15) is 5.10 Å². The molecule has 0 radical (unpaired) electrons. The Morgan fingerprint density at radius 2 is 2.28 bits per heavy atom. The summed E-state index contributed by atoms with van der Waals surface area (Å²) < 4.78 is 15.8. The Hall–Kier alpha value is -2.48. The largest absolute Gasteiger partial charge is 0.346 e. The maximum Gasteiger partial charge on any atom is 0.269 e. The molecule has 0 bridgehead atoms. The van der Waals surface area contributed by atoms with Gasteiger partial charge in [-0.1, -0.05) is 11.3 Å². The van der Waals surface area contributed by atoms with Crippen molar-refractivity contribution in [3.63, 3.8) is 0 Å². The Morgan fingerprint density at radius 1 is 1.40 bits per heavy atom. The van der Waals surface area contributed by atoms with E-state index < -0.39 is 0 Å². The number of fused-ring (bicyclic) bond motifs is 1. The summed E-state index contributed by atoms with van der Waals surface area (Å²) in [6, 6.07) is 6.41. The summed E-state index contributed by atoms with van der Waals surface area (Å²) in [4.78, 5) is 19.1. The van der Waals surface area contributed by atoms with Crippen molar-refractivity contribution in [2.75, 3.05) is 18.0 Å². The zero-order valence-corrected chi connectivity index (χ0v) is 14.6. The fourth-order valence-corrected chi connectivity index (χ4v) is 4.17. The van der Waals surface area contributed by atoms with E-state index in [0.717, 1.165) is 34.7 Å². The molecule has 1 unspecified atom stereocenters. The molecule has 1 atom stereocenters. The summed E-state index contributed by atoms with van der Waals surface area (Å²) in [6.45, 7) is 1.59. The number of hydrogen-bond acceptors (Lipinski definition) is 5. The summed E-state index contributed by atoms with van der Waals surface area (Å²) in [5, 5.41) is 7.99. The van der Waals surface area contributed by atoms with Crippen molar-refractivity contribution in [2.24, 2.45) is 7.05 Å². The average Bonchev–Trinajstić information content (AvgIpc) is 3.20. The molecule has 4 rings (SSSR count). The van der Waals surface area contributed by atoms with Gasteiger partial charge >= 0.3 is 0 Å². The number of thiazole rings is 1. The molecule has 3 heterocycles. The number of halogens is 1. The van der Waals surface area contributed by atoms with Crippen molar-refractivity contribution in [3.05, 3.63) is 42.0 Å². The number of piperidine rings is 1. The van der Waals surface area contributed by atoms with E-state index in [0.29, 0.717) is 12.2 Å². The molecular formula is C17H18FN5OS. The third-order valence-electron chi connectivity index (χ3n) is 4.42. The van der Waals surface area contributed by atoms with Crippen molar-refractivity contribution in [1.29, 1.82) is 0 Å². The fraction of sp³-hybridized carbons (Fsp3) is 0.353. The lowest BCUT2D eigenvalue weighted by molar-refractivity contribution is 0.0923. The van der Waals surface area contributed by atoms with Gasteiger partial charge in [0.05, 0.1) is 10.2 Å². The van der Waals surface area contributed by atoms with E-state index >= 15 is 0 Å². The number of anilines is 1. The molecule has 8 heteroatoms. The fourth-order valence-electron chi connectivity index (χ4n) is 3.15. The highest BCUT2D eigenvalue weighted by atomic mass is 32.1. The number of amides is 1. The third kappa shape index (κ3) is 3.21. The van der Waals surface area contributed by atoms with E-state index in [1.54, 1.807) is 30.1 Å². The zero-order valence-electron chi connectivity index (χ0n) is 13.8. The molecule has 130 valence electrons. The van der Waals surface area contributed by atoms with E-state index in [9.17, 15) is 9.18 Å². The second-order valence-corrected chi connectivity index (χ2v) is 7.22. The molecule has 1 aromatic carbocycles. The number of aromatic nitrogens is 3. The summed E-state index contributed by atoms with van der Waals surface area (Å²) >= 11 is 1.49. The van der Waals surface area contributed by atoms with Crippen molar-refractivity contribution in [1.82, 2.24) is 20.1 Å². The zero-order chi connectivity index (χ0) is 17.4. The van der Waals surface area contributed by atoms with Crippen LogP contribution in [0.2, 0.25) is 0 Å². The highest BCUT2D eigenvalue weighted by molar-refractivity contribution is 7.22. The first-order valence-corrected chi connectivity index (χ1v) is 9.02. The van der Waals surface area contributed by atoms with Crippen LogP contribution in [0.1, 0.15) is 23.3 Å². The molecule has 0 aliphatic carbocycles. The van der Waals surface area contributed by atoms with Gasteiger partial charge in [-0.05, 0) is 37.1 Å². The molecule has 1 aliphatic rings. The molecule has 3 aromatic rings. The molecule has 25 heavy (non-hydrogen) atoms. The summed E-state index contributed by atoms with van der Waals surface area (Å²) in [5.74, 6) is -0.360. The number of nitrogens with zero attached hydrogens (tertiary/aromatic N) is 4. The average molecular weight is 359 g/mol. The lowest BCUT2D eigenvalue weighted by Crippen LogP contribution is -2.48. The number of rotatable bonds is 3. The Kier molecular flexibility index (Phi) is 4.12. The van der Waals surface area contributed by atoms with Crippen molar-refractivity contribution >= 4 is 32.6 Å². The maximum absolute atomic E-state index is 13.4. The second-order valence-electron chi connectivity index (χ2n) is 6.21. The molecule has 2 aromatic heterocycles. The molecule has 1 saturated heterocycles. The molecule has 1 amide bonds. The van der Waals surface area contributed by atoms with Crippen LogP contribution >= 0.6 is 11.3 Å². The second kappa shape index (κ2) is 6.44. The van der Waals surface area contributed by atoms with E-state index in [1.807, 2.05) is 0 Å². The Labute approximate surface area is 148 Å². The maximum atomic E-state index is 13.4. The van der Waals surface area contributed by atoms with Crippen molar-refractivity contribution in [2.45, 2.75) is 18.9 Å². The first-order valence-electron chi connectivity index (χ1n) is 8.20. The first kappa shape index (κ1) is 16.0. The molecular weight excluding hydrogens is 341 g/mol. The van der Waals surface area contributed by atoms with Gasteiger partial charge in [-0.15, -0.1) is 0 Å². The van der Waals surface area contributed by atoms with Gasteiger partial charge in [0.15, 0.2) is 5.13 Å². The van der Waals surface area contributed by atoms with Gasteiger partial charge in [0.2, 0.25) is 0 Å². The predicted molar refractivity (Wildman–Crippen MR) is 95.5 cm³/mol. The number of hydrogen-bond donors (Lipinski definition) is 1. The van der Waals surface area contributed by atoms with Gasteiger partial charge in [0.25, 0.3) is 5.91 Å². The van der Waals surface area contributed by atoms with E-state index in [1.165, 1.54) is 23.5 Å². The van der Waals surface area contributed by atoms with E-state index in [-0.39, 0.29) is 17.8 Å². The number of carbonyl (C=O) groups excluding carboxylic acids is 1. The SMILES string of the molecule is Cn1nccc1C(=O)NC1CCCN(c2nc3ccc(F)cc3s2)C1. The van der Waals surface area contributed by atoms with Gasteiger partial charge in [0.1, 0.15) is 11.5 Å². The number of carbonyl (C=O) groups is 1. The van der Waals surface area contributed by atoms with Crippen LogP contribution in [0.15, 0.2) is 30.5 Å². The quantitative estimate of drug-likeness (QED) is 0.781. The van der Waals surface area contributed by atoms with Crippen LogP contribution in [0.4, 0.5) is 9.52 Å². The lowest BCUT2D eigenvalue weighted by Gasteiger charge is -2.32. The number of aryl methyl sites for hydroxylation is 1. The molecule has 0 saturated carbocycles. The molecule has 0 spiro atoms. The molecule has 1 N–H and O–H groups in total. The Balaban J connectivity index is 1.48. The topological polar surface area (TPSA) is 63.1 Å². The van der Waals surface area contributed by atoms with E-state index in [4.69, 9.17) is 0 Å². The minimum Gasteiger partial charge on any atom is -0.346 e. The predicted octanol–water partition coefficient (Wildman–Crippen LogP) is 2.57. The highest BCUT2D eigenvalue weighted by Crippen LogP contribution is 2.31. The molecule has 1 fully saturated rings. The van der Waals surface area contributed by atoms with Crippen LogP contribution in [-0.2, 0) is 7.05 Å². The third-order valence-corrected chi connectivity index (χ3v) is 5.50. The summed E-state index contributed by atoms with van der Waals surface area (Å²) in [6.07, 6.45) is 3.52. The van der Waals surface area contributed by atoms with Gasteiger partial charge < -0.3 is 10.2 Å². The standard InChI is InChI=1S/C17H18FN5OS/c1-22-14(6-7-19-22)16(24)20-12-3-2-8-23(10-12)17-21-13-5-4-11(18)9-15(13)25-17/h4-7,9,12H,2-3,8,10H2,1H3,(H,20,24). The Morgan fingerprint density at radius 3 is 3.08 bits per heavy atom. The number of benzene rings is 1. The van der Waals surface area contributed by atoms with Crippen LogP contribution in [0, 0.1) is 5.82 Å². The number of nitrogens with one attached hydrogen (secondary N) is 1. The lowest BCUT2D eigenvalue weighted by atomic mass is 10.1. The van der Waals surface area contributed by atoms with Gasteiger partial charge in [-0.25, -0.2) is 9.37 Å². The van der Waals surface area contributed by atoms with Crippen LogP contribution < -0.4 is 10.2 Å². The van der Waals surface area contributed by atoms with Crippen LogP contribution in [0.3, 0.4) is 0 Å². The monoisotopic (exact) mass is 359 g/mol. The first-order chi connectivity index (χ1) is 12.1. The summed E-state index contributed by atoms with van der Waals surface area (Å²) in [5.41, 5.74) is 1.36. The van der Waals surface area contributed by atoms with E-state index in [2.05, 4.69) is 20.3 Å². The van der Waals surface area contributed by atoms with Crippen LogP contribution in [-0.4, -0.2) is 39.8 Å². The highest BCUT2D eigenvalue weighted by Gasteiger charge is 2.24. The molecule has 1 aliphatic heterocycles. The normalized spacial score (nSPS) is 17.8. The van der Waals surface area contributed by atoms with Crippen molar-refractivity contribution in [3.8, 4) is 0 Å². The smallest absolute Gasteiger partial charge is 0.269 e. The van der Waals surface area contributed by atoms with Gasteiger partial charge in [0, 0.05) is 32.4 Å².